The molecule has 0 unspecified atom stereocenters. The van der Waals surface area contributed by atoms with Gasteiger partial charge in [-0.05, 0) is 37.0 Å². The number of piperidine rings is 1. The molecule has 0 aromatic carbocycles. The third-order valence-electron chi connectivity index (χ3n) is 5.32. The van der Waals surface area contributed by atoms with Crippen molar-refractivity contribution in [1.82, 2.24) is 15.3 Å². The standard InChI is InChI=1S/C19H25N5O2S/c1-2-7-21-17(25)15-12-13-14(27-15)4-11-26-19(13)5-9-24(10-6-19)16-3-8-22-18(20)23-16/h3,8,12H,2,4-7,9-11H2,1H3,(H,21,25)(H2,20,22,23). The molecule has 27 heavy (non-hydrogen) atoms. The molecule has 0 aliphatic carbocycles. The van der Waals surface area contributed by atoms with E-state index in [0.717, 1.165) is 49.5 Å². The zero-order valence-corrected chi connectivity index (χ0v) is 16.3. The Balaban J connectivity index is 1.53. The smallest absolute Gasteiger partial charge is 0.261 e. The SMILES string of the molecule is CCCNC(=O)c1cc2c(s1)CCOC21CCN(c2ccnc(N)n2)CC1. The Morgan fingerprint density at radius 2 is 2.26 bits per heavy atom. The van der Waals surface area contributed by atoms with Gasteiger partial charge in [0.05, 0.1) is 17.1 Å². The molecule has 0 saturated carbocycles. The average molecular weight is 388 g/mol. The summed E-state index contributed by atoms with van der Waals surface area (Å²) in [6.07, 6.45) is 5.26. The minimum Gasteiger partial charge on any atom is -0.370 e. The second-order valence-electron chi connectivity index (χ2n) is 7.06. The molecule has 1 fully saturated rings. The highest BCUT2D eigenvalue weighted by Crippen LogP contribution is 2.45. The summed E-state index contributed by atoms with van der Waals surface area (Å²) in [6.45, 7) is 5.15. The molecule has 1 saturated heterocycles. The van der Waals surface area contributed by atoms with Crippen molar-refractivity contribution < 1.29 is 9.53 Å². The molecule has 8 heteroatoms. The van der Waals surface area contributed by atoms with E-state index < -0.39 is 0 Å². The van der Waals surface area contributed by atoms with Crippen LogP contribution in [-0.2, 0) is 16.8 Å². The van der Waals surface area contributed by atoms with Crippen molar-refractivity contribution in [3.8, 4) is 0 Å². The molecule has 2 aromatic rings. The number of carbonyl (C=O) groups excluding carboxylic acids is 1. The maximum absolute atomic E-state index is 12.4. The Morgan fingerprint density at radius 1 is 1.44 bits per heavy atom. The van der Waals surface area contributed by atoms with Crippen molar-refractivity contribution in [3.05, 3.63) is 33.6 Å². The fourth-order valence-electron chi connectivity index (χ4n) is 3.91. The van der Waals surface area contributed by atoms with E-state index in [4.69, 9.17) is 10.5 Å². The number of thiophene rings is 1. The number of aromatic nitrogens is 2. The van der Waals surface area contributed by atoms with Gasteiger partial charge in [-0.2, -0.15) is 4.98 Å². The molecule has 3 N–H and O–H groups in total. The number of hydrogen-bond acceptors (Lipinski definition) is 7. The molecule has 0 bridgehead atoms. The Labute approximate surface area is 162 Å². The molecule has 7 nitrogen and oxygen atoms in total. The molecule has 1 amide bonds. The molecule has 4 heterocycles. The summed E-state index contributed by atoms with van der Waals surface area (Å²) in [5.41, 5.74) is 6.64. The number of nitrogens with two attached hydrogens (primary N) is 1. The Hall–Kier alpha value is -2.19. The molecule has 0 radical (unpaired) electrons. The lowest BCUT2D eigenvalue weighted by Gasteiger charge is -2.44. The van der Waals surface area contributed by atoms with Crippen LogP contribution in [0, 0.1) is 0 Å². The van der Waals surface area contributed by atoms with Crippen molar-refractivity contribution in [3.63, 3.8) is 0 Å². The number of ether oxygens (including phenoxy) is 1. The van der Waals surface area contributed by atoms with Gasteiger partial charge in [-0.1, -0.05) is 6.92 Å². The Kier molecular flexibility index (Phi) is 5.01. The number of anilines is 2. The first kappa shape index (κ1) is 18.2. The van der Waals surface area contributed by atoms with Crippen molar-refractivity contribution in [2.24, 2.45) is 0 Å². The fourth-order valence-corrected chi connectivity index (χ4v) is 5.05. The van der Waals surface area contributed by atoms with Gasteiger partial charge in [-0.3, -0.25) is 4.79 Å². The van der Waals surface area contributed by atoms with E-state index in [1.54, 1.807) is 17.5 Å². The number of nitrogens with one attached hydrogen (secondary N) is 1. The fraction of sp³-hybridized carbons (Fsp3) is 0.526. The lowest BCUT2D eigenvalue weighted by molar-refractivity contribution is -0.0757. The van der Waals surface area contributed by atoms with Crippen LogP contribution in [0.4, 0.5) is 11.8 Å². The average Bonchev–Trinajstić information content (AvgIpc) is 3.13. The summed E-state index contributed by atoms with van der Waals surface area (Å²) in [6, 6.07) is 3.95. The van der Waals surface area contributed by atoms with Crippen LogP contribution in [0.1, 0.15) is 46.3 Å². The molecule has 1 spiro atoms. The van der Waals surface area contributed by atoms with Crippen molar-refractivity contribution >= 4 is 29.0 Å². The summed E-state index contributed by atoms with van der Waals surface area (Å²) < 4.78 is 6.31. The topological polar surface area (TPSA) is 93.4 Å². The second-order valence-corrected chi connectivity index (χ2v) is 8.19. The second kappa shape index (κ2) is 7.44. The Morgan fingerprint density at radius 3 is 3.00 bits per heavy atom. The van der Waals surface area contributed by atoms with Gasteiger partial charge in [0.1, 0.15) is 5.82 Å². The summed E-state index contributed by atoms with van der Waals surface area (Å²) in [5.74, 6) is 1.18. The van der Waals surface area contributed by atoms with Crippen molar-refractivity contribution in [2.45, 2.75) is 38.2 Å². The van der Waals surface area contributed by atoms with Crippen LogP contribution in [-0.4, -0.2) is 42.1 Å². The zero-order chi connectivity index (χ0) is 18.9. The van der Waals surface area contributed by atoms with Gasteiger partial charge in [0.15, 0.2) is 0 Å². The predicted octanol–water partition coefficient (Wildman–Crippen LogP) is 2.33. The van der Waals surface area contributed by atoms with Gasteiger partial charge in [0, 0.05) is 37.1 Å². The van der Waals surface area contributed by atoms with Crippen molar-refractivity contribution in [2.75, 3.05) is 36.9 Å². The molecular weight excluding hydrogens is 362 g/mol. The molecular formula is C19H25N5O2S. The van der Waals surface area contributed by atoms with E-state index in [1.165, 1.54) is 10.4 Å². The van der Waals surface area contributed by atoms with Gasteiger partial charge in [0.25, 0.3) is 5.91 Å². The zero-order valence-electron chi connectivity index (χ0n) is 15.5. The van der Waals surface area contributed by atoms with Gasteiger partial charge < -0.3 is 20.7 Å². The highest BCUT2D eigenvalue weighted by Gasteiger charge is 2.42. The molecule has 2 aliphatic rings. The van der Waals surface area contributed by atoms with Gasteiger partial charge in [0.2, 0.25) is 5.95 Å². The number of nitrogens with zero attached hydrogens (tertiary/aromatic N) is 3. The van der Waals surface area contributed by atoms with Gasteiger partial charge >= 0.3 is 0 Å². The normalized spacial score (nSPS) is 18.3. The lowest BCUT2D eigenvalue weighted by Crippen LogP contribution is -2.46. The number of hydrogen-bond donors (Lipinski definition) is 2. The molecule has 2 aromatic heterocycles. The molecule has 0 atom stereocenters. The van der Waals surface area contributed by atoms with E-state index in [9.17, 15) is 4.79 Å². The number of nitrogen functional groups attached to an aromatic ring is 1. The summed E-state index contributed by atoms with van der Waals surface area (Å²) in [4.78, 5) is 25.0. The van der Waals surface area contributed by atoms with E-state index in [2.05, 4.69) is 33.2 Å². The third kappa shape index (κ3) is 3.51. The first-order valence-corrected chi connectivity index (χ1v) is 10.3. The van der Waals surface area contributed by atoms with E-state index >= 15 is 0 Å². The minimum atomic E-state index is -0.289. The predicted molar refractivity (Wildman–Crippen MR) is 106 cm³/mol. The van der Waals surface area contributed by atoms with Crippen LogP contribution in [0.2, 0.25) is 0 Å². The monoisotopic (exact) mass is 387 g/mol. The van der Waals surface area contributed by atoms with E-state index in [1.807, 2.05) is 6.07 Å². The number of carbonyl (C=O) groups is 1. The number of fused-ring (bicyclic) bond motifs is 2. The quantitative estimate of drug-likeness (QED) is 0.836. The first-order chi connectivity index (χ1) is 13.1. The highest BCUT2D eigenvalue weighted by molar-refractivity contribution is 7.14. The van der Waals surface area contributed by atoms with Crippen LogP contribution in [0.3, 0.4) is 0 Å². The minimum absolute atomic E-state index is 0.0281. The van der Waals surface area contributed by atoms with Crippen LogP contribution >= 0.6 is 11.3 Å². The van der Waals surface area contributed by atoms with Crippen molar-refractivity contribution in [1.29, 1.82) is 0 Å². The summed E-state index contributed by atoms with van der Waals surface area (Å²) in [7, 11) is 0. The number of rotatable bonds is 4. The van der Waals surface area contributed by atoms with E-state index in [0.29, 0.717) is 19.1 Å². The first-order valence-electron chi connectivity index (χ1n) is 9.50. The van der Waals surface area contributed by atoms with Crippen LogP contribution in [0.15, 0.2) is 18.3 Å². The molecule has 144 valence electrons. The van der Waals surface area contributed by atoms with Gasteiger partial charge in [-0.25, -0.2) is 4.98 Å². The lowest BCUT2D eigenvalue weighted by atomic mass is 9.82. The number of amides is 1. The van der Waals surface area contributed by atoms with Crippen LogP contribution in [0.5, 0.6) is 0 Å². The van der Waals surface area contributed by atoms with Crippen LogP contribution in [0.25, 0.3) is 0 Å². The van der Waals surface area contributed by atoms with Crippen LogP contribution < -0.4 is 16.0 Å². The maximum atomic E-state index is 12.4. The van der Waals surface area contributed by atoms with Gasteiger partial charge in [-0.15, -0.1) is 11.3 Å². The van der Waals surface area contributed by atoms with E-state index in [-0.39, 0.29) is 11.5 Å². The summed E-state index contributed by atoms with van der Waals surface area (Å²) in [5, 5.41) is 2.98. The third-order valence-corrected chi connectivity index (χ3v) is 6.51. The maximum Gasteiger partial charge on any atom is 0.261 e. The molecule has 2 aliphatic heterocycles. The Bertz CT molecular complexity index is 829. The largest absolute Gasteiger partial charge is 0.370 e. The summed E-state index contributed by atoms with van der Waals surface area (Å²) >= 11 is 1.62. The highest BCUT2D eigenvalue weighted by atomic mass is 32.1. The molecule has 4 rings (SSSR count).